The number of rotatable bonds is 10. The summed E-state index contributed by atoms with van der Waals surface area (Å²) in [5.41, 5.74) is 7.79. The fraction of sp³-hybridized carbons (Fsp3) is 0.333. The number of amides is 1. The Hall–Kier alpha value is -3.64. The Bertz CT molecular complexity index is 1130. The van der Waals surface area contributed by atoms with Gasteiger partial charge in [-0.2, -0.15) is 0 Å². The van der Waals surface area contributed by atoms with Gasteiger partial charge in [0.1, 0.15) is 11.2 Å². The summed E-state index contributed by atoms with van der Waals surface area (Å²) in [7, 11) is 3.62. The van der Waals surface area contributed by atoms with Gasteiger partial charge in [-0.15, -0.1) is 0 Å². The summed E-state index contributed by atoms with van der Waals surface area (Å²) in [6.45, 7) is 3.36. The van der Waals surface area contributed by atoms with Crippen molar-refractivity contribution in [2.24, 2.45) is 11.7 Å². The molecule has 3 aromatic carbocycles. The van der Waals surface area contributed by atoms with Crippen LogP contribution in [-0.4, -0.2) is 56.8 Å². The lowest BCUT2D eigenvalue weighted by molar-refractivity contribution is -0.899. The molecule has 1 aliphatic rings. The first-order valence-corrected chi connectivity index (χ1v) is 12.4. The van der Waals surface area contributed by atoms with Crippen LogP contribution in [0.2, 0.25) is 0 Å². The highest BCUT2D eigenvalue weighted by Crippen LogP contribution is 2.45. The predicted octanol–water partition coefficient (Wildman–Crippen LogP) is 4.18. The van der Waals surface area contributed by atoms with Crippen molar-refractivity contribution < 1.29 is 23.5 Å². The summed E-state index contributed by atoms with van der Waals surface area (Å²) in [5, 5.41) is 0. The summed E-state index contributed by atoms with van der Waals surface area (Å²) >= 11 is 0. The van der Waals surface area contributed by atoms with Crippen molar-refractivity contribution in [3.63, 3.8) is 0 Å². The predicted molar refractivity (Wildman–Crippen MR) is 140 cm³/mol. The number of methoxy groups -OCH3 is 1. The van der Waals surface area contributed by atoms with Crippen molar-refractivity contribution in [1.82, 2.24) is 0 Å². The second-order valence-electron chi connectivity index (χ2n) is 9.86. The normalized spacial score (nSPS) is 19.6. The maximum atomic E-state index is 13.3. The van der Waals surface area contributed by atoms with E-state index in [9.17, 15) is 9.59 Å². The number of primary amides is 1. The van der Waals surface area contributed by atoms with Gasteiger partial charge < -0.3 is 19.7 Å². The Labute approximate surface area is 213 Å². The SMILES string of the molecule is COC(=O)c1ccc(OCCC[N+]2(C)CC[C@@H](C(C(N)=O)(c3ccccc3)c3ccccc3)C2)cc1. The molecule has 1 aliphatic heterocycles. The highest BCUT2D eigenvalue weighted by molar-refractivity contribution is 5.91. The van der Waals surface area contributed by atoms with Gasteiger partial charge in [-0.1, -0.05) is 60.7 Å². The number of ether oxygens (including phenoxy) is 2. The fourth-order valence-corrected chi connectivity index (χ4v) is 5.71. The van der Waals surface area contributed by atoms with Crippen molar-refractivity contribution >= 4 is 11.9 Å². The molecule has 0 aromatic heterocycles. The molecule has 36 heavy (non-hydrogen) atoms. The Morgan fingerprint density at radius 2 is 1.53 bits per heavy atom. The van der Waals surface area contributed by atoms with Crippen LogP contribution in [0.5, 0.6) is 5.75 Å². The average molecular weight is 488 g/mol. The van der Waals surface area contributed by atoms with E-state index in [1.807, 2.05) is 60.7 Å². The molecule has 188 valence electrons. The van der Waals surface area contributed by atoms with E-state index in [0.29, 0.717) is 12.2 Å². The minimum atomic E-state index is -0.865. The van der Waals surface area contributed by atoms with Crippen LogP contribution in [0.25, 0.3) is 0 Å². The molecule has 0 spiro atoms. The monoisotopic (exact) mass is 487 g/mol. The summed E-state index contributed by atoms with van der Waals surface area (Å²) in [6.07, 6.45) is 1.79. The van der Waals surface area contributed by atoms with Crippen molar-refractivity contribution in [2.75, 3.05) is 40.4 Å². The van der Waals surface area contributed by atoms with E-state index in [1.165, 1.54) is 7.11 Å². The van der Waals surface area contributed by atoms with Gasteiger partial charge in [0.25, 0.3) is 0 Å². The number of carbonyl (C=O) groups excluding carboxylic acids is 2. The number of hydrogen-bond donors (Lipinski definition) is 1. The Morgan fingerprint density at radius 3 is 2.06 bits per heavy atom. The zero-order valence-electron chi connectivity index (χ0n) is 21.1. The second-order valence-corrected chi connectivity index (χ2v) is 9.86. The second kappa shape index (κ2) is 11.0. The fourth-order valence-electron chi connectivity index (χ4n) is 5.71. The van der Waals surface area contributed by atoms with Crippen molar-refractivity contribution in [3.8, 4) is 5.75 Å². The molecule has 0 saturated carbocycles. The maximum absolute atomic E-state index is 13.3. The van der Waals surface area contributed by atoms with Gasteiger partial charge in [-0.3, -0.25) is 4.79 Å². The number of quaternary nitrogens is 1. The first kappa shape index (κ1) is 25.5. The molecule has 1 amide bonds. The van der Waals surface area contributed by atoms with Crippen molar-refractivity contribution in [2.45, 2.75) is 18.3 Å². The number of nitrogens with two attached hydrogens (primary N) is 1. The molecule has 6 heteroatoms. The van der Waals surface area contributed by atoms with Crippen LogP contribution in [0.15, 0.2) is 84.9 Å². The van der Waals surface area contributed by atoms with Crippen LogP contribution in [-0.2, 0) is 14.9 Å². The van der Waals surface area contributed by atoms with Gasteiger partial charge >= 0.3 is 5.97 Å². The van der Waals surface area contributed by atoms with E-state index in [0.717, 1.165) is 53.8 Å². The number of esters is 1. The van der Waals surface area contributed by atoms with Gasteiger partial charge in [0, 0.05) is 18.8 Å². The molecule has 3 aromatic rings. The number of nitrogens with zero attached hydrogens (tertiary/aromatic N) is 1. The van der Waals surface area contributed by atoms with E-state index >= 15 is 0 Å². The van der Waals surface area contributed by atoms with E-state index < -0.39 is 5.41 Å². The molecule has 1 unspecified atom stereocenters. The molecule has 2 N–H and O–H groups in total. The van der Waals surface area contributed by atoms with Crippen molar-refractivity contribution in [1.29, 1.82) is 0 Å². The van der Waals surface area contributed by atoms with Gasteiger partial charge in [0.2, 0.25) is 5.91 Å². The third-order valence-corrected chi connectivity index (χ3v) is 7.52. The van der Waals surface area contributed by atoms with Crippen LogP contribution < -0.4 is 10.5 Å². The zero-order valence-corrected chi connectivity index (χ0v) is 21.1. The minimum absolute atomic E-state index is 0.0941. The molecule has 1 fully saturated rings. The first-order valence-electron chi connectivity index (χ1n) is 12.4. The summed E-state index contributed by atoms with van der Waals surface area (Å²) in [4.78, 5) is 24.9. The van der Waals surface area contributed by atoms with Crippen LogP contribution in [0.3, 0.4) is 0 Å². The number of likely N-dealkylation sites (tertiary alicyclic amines) is 1. The zero-order chi connectivity index (χ0) is 25.6. The lowest BCUT2D eigenvalue weighted by atomic mass is 9.64. The Kier molecular flexibility index (Phi) is 7.75. The largest absolute Gasteiger partial charge is 0.493 e. The van der Waals surface area contributed by atoms with E-state index in [1.54, 1.807) is 24.3 Å². The Balaban J connectivity index is 1.45. The third kappa shape index (κ3) is 5.14. The molecule has 1 heterocycles. The summed E-state index contributed by atoms with van der Waals surface area (Å²) in [5.74, 6) is 0.166. The standard InChI is InChI=1S/C30H34N2O4/c1-32(19-9-21-36-27-16-14-23(15-17-27)28(33)35-2)20-18-26(22-32)30(29(31)34,24-10-5-3-6-11-24)25-12-7-4-8-13-25/h3-8,10-17,26H,9,18-22H2,1-2H3,(H-,31,34)/p+1/t26-,32?/m1/s1. The molecular formula is C30H35N2O4+. The number of benzene rings is 3. The van der Waals surface area contributed by atoms with Gasteiger partial charge in [0.15, 0.2) is 0 Å². The van der Waals surface area contributed by atoms with Crippen LogP contribution >= 0.6 is 0 Å². The van der Waals surface area contributed by atoms with Crippen LogP contribution in [0.4, 0.5) is 0 Å². The van der Waals surface area contributed by atoms with Crippen LogP contribution in [0, 0.1) is 5.92 Å². The molecule has 6 nitrogen and oxygen atoms in total. The lowest BCUT2D eigenvalue weighted by Crippen LogP contribution is -2.51. The first-order chi connectivity index (χ1) is 17.4. The quantitative estimate of drug-likeness (QED) is 0.264. The maximum Gasteiger partial charge on any atom is 0.337 e. The number of carbonyl (C=O) groups is 2. The van der Waals surface area contributed by atoms with Crippen LogP contribution in [0.1, 0.15) is 34.3 Å². The van der Waals surface area contributed by atoms with Gasteiger partial charge in [-0.05, 0) is 35.4 Å². The van der Waals surface area contributed by atoms with E-state index in [2.05, 4.69) is 7.05 Å². The van der Waals surface area contributed by atoms with Gasteiger partial charge in [-0.25, -0.2) is 4.79 Å². The molecule has 0 aliphatic carbocycles. The highest BCUT2D eigenvalue weighted by atomic mass is 16.5. The molecule has 0 bridgehead atoms. The molecular weight excluding hydrogens is 452 g/mol. The van der Waals surface area contributed by atoms with E-state index in [4.69, 9.17) is 15.2 Å². The Morgan fingerprint density at radius 1 is 0.944 bits per heavy atom. The smallest absolute Gasteiger partial charge is 0.337 e. The number of hydrogen-bond acceptors (Lipinski definition) is 4. The van der Waals surface area contributed by atoms with E-state index in [-0.39, 0.29) is 17.8 Å². The molecule has 2 atom stereocenters. The molecule has 4 rings (SSSR count). The topological polar surface area (TPSA) is 78.6 Å². The van der Waals surface area contributed by atoms with Gasteiger partial charge in [0.05, 0.1) is 46.0 Å². The summed E-state index contributed by atoms with van der Waals surface area (Å²) in [6, 6.07) is 27.0. The third-order valence-electron chi connectivity index (χ3n) is 7.52. The summed E-state index contributed by atoms with van der Waals surface area (Å²) < 4.78 is 11.5. The lowest BCUT2D eigenvalue weighted by Gasteiger charge is -2.38. The average Bonchev–Trinajstić information content (AvgIpc) is 3.30. The molecule has 0 radical (unpaired) electrons. The van der Waals surface area contributed by atoms with Crippen molar-refractivity contribution in [3.05, 3.63) is 102 Å². The minimum Gasteiger partial charge on any atom is -0.493 e. The molecule has 1 saturated heterocycles. The highest BCUT2D eigenvalue weighted by Gasteiger charge is 2.53.